The lowest BCUT2D eigenvalue weighted by atomic mass is 10.1. The number of ketones is 1. The van der Waals surface area contributed by atoms with Gasteiger partial charge in [-0.1, -0.05) is 6.07 Å². The van der Waals surface area contributed by atoms with Gasteiger partial charge in [0.1, 0.15) is 27.8 Å². The summed E-state index contributed by atoms with van der Waals surface area (Å²) in [6, 6.07) is 5.01. The Balaban J connectivity index is 2.46. The summed E-state index contributed by atoms with van der Waals surface area (Å²) in [4.78, 5) is 16.9. The maximum atomic E-state index is 12.6. The van der Waals surface area contributed by atoms with Crippen molar-refractivity contribution >= 4 is 17.1 Å². The van der Waals surface area contributed by atoms with Gasteiger partial charge in [-0.25, -0.2) is 4.98 Å². The Morgan fingerprint density at radius 2 is 1.90 bits per heavy atom. The zero-order chi connectivity index (χ0) is 14.7. The summed E-state index contributed by atoms with van der Waals surface area (Å²) in [5, 5.41) is 2.43. The lowest BCUT2D eigenvalue weighted by Crippen LogP contribution is -2.09. The van der Waals surface area contributed by atoms with Crippen molar-refractivity contribution in [2.24, 2.45) is 5.73 Å². The Labute approximate surface area is 121 Å². The Hall–Kier alpha value is -1.92. The predicted molar refractivity (Wildman–Crippen MR) is 77.7 cm³/mol. The van der Waals surface area contributed by atoms with Crippen LogP contribution in [0, 0.1) is 0 Å². The summed E-state index contributed by atoms with van der Waals surface area (Å²) < 4.78 is 10.5. The van der Waals surface area contributed by atoms with Crippen LogP contribution in [0.5, 0.6) is 11.5 Å². The van der Waals surface area contributed by atoms with E-state index >= 15 is 0 Å². The molecule has 0 saturated carbocycles. The first-order chi connectivity index (χ1) is 9.58. The Morgan fingerprint density at radius 1 is 1.30 bits per heavy atom. The Kier molecular flexibility index (Phi) is 4.36. The van der Waals surface area contributed by atoms with Crippen LogP contribution in [0.1, 0.15) is 34.0 Å². The lowest BCUT2D eigenvalue weighted by Gasteiger charge is -2.10. The van der Waals surface area contributed by atoms with Gasteiger partial charge >= 0.3 is 0 Å². The van der Waals surface area contributed by atoms with E-state index < -0.39 is 0 Å². The van der Waals surface area contributed by atoms with Gasteiger partial charge in [0.05, 0.1) is 20.3 Å². The maximum Gasteiger partial charge on any atom is 0.219 e. The molecular formula is C14H16N2O3S. The molecule has 106 valence electrons. The molecular weight excluding hydrogens is 276 g/mol. The number of hydrogen-bond donors (Lipinski definition) is 1. The highest BCUT2D eigenvalue weighted by molar-refractivity contribution is 7.09. The monoisotopic (exact) mass is 292 g/mol. The minimum atomic E-state index is -0.234. The third kappa shape index (κ3) is 2.66. The average molecular weight is 292 g/mol. The number of hydrogen-bond acceptors (Lipinski definition) is 6. The van der Waals surface area contributed by atoms with Gasteiger partial charge in [-0.2, -0.15) is 0 Å². The second kappa shape index (κ2) is 6.02. The fourth-order valence-electron chi connectivity index (χ4n) is 1.80. The van der Waals surface area contributed by atoms with E-state index in [4.69, 9.17) is 15.2 Å². The summed E-state index contributed by atoms with van der Waals surface area (Å²) in [5.41, 5.74) is 6.49. The van der Waals surface area contributed by atoms with E-state index in [1.165, 1.54) is 25.6 Å². The first-order valence-electron chi connectivity index (χ1n) is 6.05. The molecule has 20 heavy (non-hydrogen) atoms. The second-order valence-electron chi connectivity index (χ2n) is 4.23. The Morgan fingerprint density at radius 3 is 2.35 bits per heavy atom. The number of nitrogens with zero attached hydrogens (tertiary/aromatic N) is 1. The molecule has 2 N–H and O–H groups in total. The van der Waals surface area contributed by atoms with Crippen LogP contribution in [-0.4, -0.2) is 25.0 Å². The number of nitrogens with two attached hydrogens (primary N) is 1. The third-order valence-corrected chi connectivity index (χ3v) is 3.84. The van der Waals surface area contributed by atoms with E-state index in [9.17, 15) is 4.79 Å². The van der Waals surface area contributed by atoms with E-state index in [1.807, 2.05) is 6.92 Å². The zero-order valence-electron chi connectivity index (χ0n) is 11.5. The van der Waals surface area contributed by atoms with Gasteiger partial charge in [-0.3, -0.25) is 4.79 Å². The predicted octanol–water partition coefficient (Wildman–Crippen LogP) is 2.41. The molecule has 2 aromatic rings. The average Bonchev–Trinajstić information content (AvgIpc) is 2.95. The van der Waals surface area contributed by atoms with Crippen molar-refractivity contribution in [1.82, 2.24) is 4.98 Å². The molecule has 0 amide bonds. The number of methoxy groups -OCH3 is 2. The van der Waals surface area contributed by atoms with Crippen molar-refractivity contribution in [1.29, 1.82) is 0 Å². The molecule has 0 bridgehead atoms. The van der Waals surface area contributed by atoms with Crippen LogP contribution in [0.2, 0.25) is 0 Å². The standard InChI is InChI=1S/C14H16N2O3S/c1-8(15)14-16-9(7-20-14)13(17)12-10(18-2)5-4-6-11(12)19-3/h4-8H,15H2,1-3H3. The number of ether oxygens (including phenoxy) is 2. The van der Waals surface area contributed by atoms with Crippen molar-refractivity contribution < 1.29 is 14.3 Å². The molecule has 0 spiro atoms. The first kappa shape index (κ1) is 14.5. The molecule has 0 saturated heterocycles. The SMILES string of the molecule is COc1cccc(OC)c1C(=O)c1csc(C(C)N)n1. The molecule has 1 aromatic carbocycles. The number of aromatic nitrogens is 1. The molecule has 2 rings (SSSR count). The van der Waals surface area contributed by atoms with Gasteiger partial charge in [0.15, 0.2) is 0 Å². The van der Waals surface area contributed by atoms with Crippen molar-refractivity contribution in [3.8, 4) is 11.5 Å². The first-order valence-corrected chi connectivity index (χ1v) is 6.93. The molecule has 6 heteroatoms. The molecule has 1 atom stereocenters. The quantitative estimate of drug-likeness (QED) is 0.857. The van der Waals surface area contributed by atoms with Crippen LogP contribution in [0.15, 0.2) is 23.6 Å². The molecule has 0 aliphatic carbocycles. The van der Waals surface area contributed by atoms with Gasteiger partial charge in [-0.15, -0.1) is 11.3 Å². The topological polar surface area (TPSA) is 74.4 Å². The number of benzene rings is 1. The summed E-state index contributed by atoms with van der Waals surface area (Å²) in [7, 11) is 3.03. The molecule has 0 fully saturated rings. The highest BCUT2D eigenvalue weighted by atomic mass is 32.1. The van der Waals surface area contributed by atoms with Crippen LogP contribution >= 0.6 is 11.3 Å². The van der Waals surface area contributed by atoms with E-state index in [0.717, 1.165) is 5.01 Å². The highest BCUT2D eigenvalue weighted by Gasteiger charge is 2.22. The number of thiazole rings is 1. The summed E-state index contributed by atoms with van der Waals surface area (Å²) >= 11 is 1.37. The van der Waals surface area contributed by atoms with Gasteiger partial charge < -0.3 is 15.2 Å². The number of rotatable bonds is 5. The summed E-state index contributed by atoms with van der Waals surface area (Å²) in [5.74, 6) is 0.692. The lowest BCUT2D eigenvalue weighted by molar-refractivity contribution is 0.102. The molecule has 1 heterocycles. The minimum absolute atomic E-state index is 0.193. The molecule has 5 nitrogen and oxygen atoms in total. The van der Waals surface area contributed by atoms with Crippen molar-refractivity contribution in [2.45, 2.75) is 13.0 Å². The van der Waals surface area contributed by atoms with Gasteiger partial charge in [0, 0.05) is 5.38 Å². The smallest absolute Gasteiger partial charge is 0.219 e. The fraction of sp³-hybridized carbons (Fsp3) is 0.286. The van der Waals surface area contributed by atoms with E-state index in [0.29, 0.717) is 22.8 Å². The third-order valence-electron chi connectivity index (χ3n) is 2.80. The summed E-state index contributed by atoms with van der Waals surface area (Å²) in [6.07, 6.45) is 0. The number of carbonyl (C=O) groups excluding carboxylic acids is 1. The zero-order valence-corrected chi connectivity index (χ0v) is 12.4. The fourth-order valence-corrected chi connectivity index (χ4v) is 2.56. The van der Waals surface area contributed by atoms with Gasteiger partial charge in [-0.05, 0) is 19.1 Å². The van der Waals surface area contributed by atoms with E-state index in [1.54, 1.807) is 23.6 Å². The van der Waals surface area contributed by atoms with Crippen LogP contribution in [0.4, 0.5) is 0 Å². The second-order valence-corrected chi connectivity index (χ2v) is 5.12. The normalized spacial score (nSPS) is 12.0. The van der Waals surface area contributed by atoms with Crippen LogP contribution in [0.25, 0.3) is 0 Å². The maximum absolute atomic E-state index is 12.6. The van der Waals surface area contributed by atoms with Crippen molar-refractivity contribution in [2.75, 3.05) is 14.2 Å². The molecule has 0 radical (unpaired) electrons. The van der Waals surface area contributed by atoms with E-state index in [2.05, 4.69) is 4.98 Å². The molecule has 1 unspecified atom stereocenters. The Bertz CT molecular complexity index is 600. The highest BCUT2D eigenvalue weighted by Crippen LogP contribution is 2.31. The van der Waals surface area contributed by atoms with Gasteiger partial charge in [0.25, 0.3) is 0 Å². The number of carbonyl (C=O) groups is 1. The van der Waals surface area contributed by atoms with E-state index in [-0.39, 0.29) is 11.8 Å². The molecule has 0 aliphatic rings. The summed E-state index contributed by atoms with van der Waals surface area (Å²) in [6.45, 7) is 1.83. The van der Waals surface area contributed by atoms with Gasteiger partial charge in [0.2, 0.25) is 5.78 Å². The van der Waals surface area contributed by atoms with Crippen LogP contribution < -0.4 is 15.2 Å². The van der Waals surface area contributed by atoms with Crippen LogP contribution in [-0.2, 0) is 0 Å². The van der Waals surface area contributed by atoms with Crippen LogP contribution in [0.3, 0.4) is 0 Å². The molecule has 0 aliphatic heterocycles. The minimum Gasteiger partial charge on any atom is -0.496 e. The van der Waals surface area contributed by atoms with Crippen molar-refractivity contribution in [3.05, 3.63) is 39.8 Å². The largest absolute Gasteiger partial charge is 0.496 e. The van der Waals surface area contributed by atoms with Crippen molar-refractivity contribution in [3.63, 3.8) is 0 Å². The molecule has 1 aromatic heterocycles.